The SMILES string of the molecule is CNC(=O)[C@@H](N)CNC(=O)c1cc2c(c(C(F)(F)F)c1)COB2O. The highest BCUT2D eigenvalue weighted by atomic mass is 19.4. The number of carbonyl (C=O) groups is 2. The summed E-state index contributed by atoms with van der Waals surface area (Å²) in [6, 6.07) is 0.772. The molecular weight excluding hydrogens is 330 g/mol. The monoisotopic (exact) mass is 345 g/mol. The van der Waals surface area contributed by atoms with E-state index in [4.69, 9.17) is 10.4 Å². The molecule has 0 aromatic heterocycles. The van der Waals surface area contributed by atoms with E-state index in [1.165, 1.54) is 7.05 Å². The number of hydrogen-bond acceptors (Lipinski definition) is 5. The van der Waals surface area contributed by atoms with Crippen LogP contribution in [0.1, 0.15) is 21.5 Å². The molecule has 24 heavy (non-hydrogen) atoms. The molecule has 0 fully saturated rings. The van der Waals surface area contributed by atoms with Gasteiger partial charge in [-0.05, 0) is 23.2 Å². The number of fused-ring (bicyclic) bond motifs is 1. The smallest absolute Gasteiger partial charge is 0.423 e. The highest BCUT2D eigenvalue weighted by Gasteiger charge is 2.40. The molecule has 0 unspecified atom stereocenters. The Morgan fingerprint density at radius 3 is 2.71 bits per heavy atom. The Hall–Kier alpha value is -2.11. The second-order valence-electron chi connectivity index (χ2n) is 5.18. The molecule has 2 rings (SSSR count). The summed E-state index contributed by atoms with van der Waals surface area (Å²) in [5.41, 5.74) is 3.84. The standard InChI is InChI=1S/C13H15BF3N3O4/c1-19-12(22)10(18)4-20-11(21)6-2-8(13(15,16)17)7-5-24-14(23)9(7)3-6/h2-3,10,23H,4-5,18H2,1H3,(H,19,22)(H,20,21)/t10-/m0/s1. The lowest BCUT2D eigenvalue weighted by atomic mass is 9.77. The zero-order chi connectivity index (χ0) is 18.1. The van der Waals surface area contributed by atoms with Crippen molar-refractivity contribution in [2.45, 2.75) is 18.8 Å². The summed E-state index contributed by atoms with van der Waals surface area (Å²) in [5, 5.41) is 14.2. The molecule has 0 saturated heterocycles. The number of nitrogens with one attached hydrogen (secondary N) is 2. The van der Waals surface area contributed by atoms with Gasteiger partial charge in [0.1, 0.15) is 6.04 Å². The summed E-state index contributed by atoms with van der Waals surface area (Å²) in [4.78, 5) is 23.3. The molecule has 1 atom stereocenters. The fourth-order valence-electron chi connectivity index (χ4n) is 2.29. The third-order valence-electron chi connectivity index (χ3n) is 3.57. The molecular formula is C13H15BF3N3O4. The number of rotatable bonds is 4. The van der Waals surface area contributed by atoms with Crippen LogP contribution in [-0.2, 0) is 22.2 Å². The summed E-state index contributed by atoms with van der Waals surface area (Å²) in [6.07, 6.45) is -4.70. The van der Waals surface area contributed by atoms with Crippen LogP contribution in [-0.4, -0.2) is 43.6 Å². The van der Waals surface area contributed by atoms with E-state index in [0.29, 0.717) is 6.07 Å². The van der Waals surface area contributed by atoms with Crippen LogP contribution in [0.15, 0.2) is 12.1 Å². The first-order valence-electron chi connectivity index (χ1n) is 6.94. The number of likely N-dealkylation sites (N-methyl/N-ethyl adjacent to an activating group) is 1. The van der Waals surface area contributed by atoms with Gasteiger partial charge in [0.2, 0.25) is 5.91 Å². The number of halogens is 3. The predicted octanol–water partition coefficient (Wildman–Crippen LogP) is -1.27. The Morgan fingerprint density at radius 1 is 1.46 bits per heavy atom. The van der Waals surface area contributed by atoms with Crippen molar-refractivity contribution in [1.29, 1.82) is 0 Å². The zero-order valence-corrected chi connectivity index (χ0v) is 12.6. The van der Waals surface area contributed by atoms with Crippen LogP contribution < -0.4 is 21.8 Å². The predicted molar refractivity (Wildman–Crippen MR) is 78.2 cm³/mol. The molecule has 0 bridgehead atoms. The van der Waals surface area contributed by atoms with Gasteiger partial charge in [0.15, 0.2) is 0 Å². The third kappa shape index (κ3) is 3.69. The van der Waals surface area contributed by atoms with Crippen molar-refractivity contribution in [1.82, 2.24) is 10.6 Å². The first-order valence-corrected chi connectivity index (χ1v) is 6.94. The molecule has 5 N–H and O–H groups in total. The lowest BCUT2D eigenvalue weighted by Crippen LogP contribution is -2.47. The van der Waals surface area contributed by atoms with Gasteiger partial charge in [0, 0.05) is 19.2 Å². The van der Waals surface area contributed by atoms with Crippen LogP contribution >= 0.6 is 0 Å². The minimum Gasteiger partial charge on any atom is -0.423 e. The van der Waals surface area contributed by atoms with E-state index in [2.05, 4.69) is 10.6 Å². The normalized spacial score (nSPS) is 15.0. The maximum absolute atomic E-state index is 13.1. The summed E-state index contributed by atoms with van der Waals surface area (Å²) >= 11 is 0. The van der Waals surface area contributed by atoms with E-state index >= 15 is 0 Å². The lowest BCUT2D eigenvalue weighted by Gasteiger charge is -2.15. The van der Waals surface area contributed by atoms with Crippen molar-refractivity contribution >= 4 is 24.4 Å². The van der Waals surface area contributed by atoms with Gasteiger partial charge in [-0.25, -0.2) is 0 Å². The van der Waals surface area contributed by atoms with Gasteiger partial charge in [-0.3, -0.25) is 9.59 Å². The number of benzene rings is 1. The maximum atomic E-state index is 13.1. The molecule has 1 aliphatic rings. The summed E-state index contributed by atoms with van der Waals surface area (Å²) in [6.45, 7) is -0.648. The van der Waals surface area contributed by atoms with E-state index in [1.807, 2.05) is 0 Å². The molecule has 1 aromatic rings. The third-order valence-corrected chi connectivity index (χ3v) is 3.57. The molecule has 1 aromatic carbocycles. The molecule has 0 spiro atoms. The molecule has 11 heteroatoms. The van der Waals surface area contributed by atoms with Crippen molar-refractivity contribution in [3.05, 3.63) is 28.8 Å². The molecule has 0 radical (unpaired) electrons. The van der Waals surface area contributed by atoms with Gasteiger partial charge in [-0.2, -0.15) is 13.2 Å². The van der Waals surface area contributed by atoms with Gasteiger partial charge in [-0.1, -0.05) is 0 Å². The van der Waals surface area contributed by atoms with E-state index in [-0.39, 0.29) is 23.1 Å². The molecule has 130 valence electrons. The Balaban J connectivity index is 2.26. The molecule has 1 aliphatic heterocycles. The van der Waals surface area contributed by atoms with Gasteiger partial charge in [0.25, 0.3) is 5.91 Å². The number of alkyl halides is 3. The van der Waals surface area contributed by atoms with Crippen LogP contribution in [0.2, 0.25) is 0 Å². The van der Waals surface area contributed by atoms with Gasteiger partial charge >= 0.3 is 13.3 Å². The van der Waals surface area contributed by atoms with Gasteiger partial charge in [0.05, 0.1) is 12.2 Å². The number of carbonyl (C=O) groups excluding carboxylic acids is 2. The van der Waals surface area contributed by atoms with E-state index in [0.717, 1.165) is 6.07 Å². The Morgan fingerprint density at radius 2 is 2.12 bits per heavy atom. The van der Waals surface area contributed by atoms with Crippen molar-refractivity contribution in [2.75, 3.05) is 13.6 Å². The number of nitrogens with two attached hydrogens (primary N) is 1. The van der Waals surface area contributed by atoms with Crippen molar-refractivity contribution in [3.63, 3.8) is 0 Å². The minimum atomic E-state index is -4.70. The largest absolute Gasteiger partial charge is 0.491 e. The summed E-state index contributed by atoms with van der Waals surface area (Å²) in [7, 11) is -0.163. The quantitative estimate of drug-likeness (QED) is 0.508. The van der Waals surface area contributed by atoms with E-state index < -0.39 is 43.3 Å². The van der Waals surface area contributed by atoms with E-state index in [1.54, 1.807) is 0 Å². The second kappa shape index (κ2) is 6.79. The number of hydrogen-bond donors (Lipinski definition) is 4. The van der Waals surface area contributed by atoms with E-state index in [9.17, 15) is 27.8 Å². The second-order valence-corrected chi connectivity index (χ2v) is 5.18. The van der Waals surface area contributed by atoms with Gasteiger partial charge < -0.3 is 26.0 Å². The molecule has 1 heterocycles. The van der Waals surface area contributed by atoms with Crippen molar-refractivity contribution in [2.24, 2.45) is 5.73 Å². The van der Waals surface area contributed by atoms with Crippen molar-refractivity contribution in [3.8, 4) is 0 Å². The fourth-order valence-corrected chi connectivity index (χ4v) is 2.29. The number of amides is 2. The molecule has 2 amide bonds. The van der Waals surface area contributed by atoms with Crippen LogP contribution in [0.3, 0.4) is 0 Å². The zero-order valence-electron chi connectivity index (χ0n) is 12.6. The van der Waals surface area contributed by atoms with Crippen LogP contribution in [0.4, 0.5) is 13.2 Å². The summed E-state index contributed by atoms with van der Waals surface area (Å²) in [5.74, 6) is -1.37. The molecule has 0 aliphatic carbocycles. The highest BCUT2D eigenvalue weighted by molar-refractivity contribution is 6.61. The van der Waals surface area contributed by atoms with Crippen molar-refractivity contribution < 1.29 is 32.4 Å². The van der Waals surface area contributed by atoms with Crippen LogP contribution in [0.5, 0.6) is 0 Å². The first kappa shape index (κ1) is 18.2. The Bertz CT molecular complexity index is 669. The Labute approximate surface area is 135 Å². The fraction of sp³-hybridized carbons (Fsp3) is 0.385. The van der Waals surface area contributed by atoms with Gasteiger partial charge in [-0.15, -0.1) is 0 Å². The van der Waals surface area contributed by atoms with Crippen LogP contribution in [0.25, 0.3) is 0 Å². The average molecular weight is 345 g/mol. The highest BCUT2D eigenvalue weighted by Crippen LogP contribution is 2.34. The lowest BCUT2D eigenvalue weighted by molar-refractivity contribution is -0.138. The minimum absolute atomic E-state index is 0.106. The first-order chi connectivity index (χ1) is 11.1. The molecule has 0 saturated carbocycles. The van der Waals surface area contributed by atoms with Crippen LogP contribution in [0, 0.1) is 0 Å². The Kier molecular flexibility index (Phi) is 5.16. The average Bonchev–Trinajstić information content (AvgIpc) is 2.90. The molecule has 7 nitrogen and oxygen atoms in total. The maximum Gasteiger partial charge on any atom is 0.491 e. The topological polar surface area (TPSA) is 114 Å². The summed E-state index contributed by atoms with van der Waals surface area (Å²) < 4.78 is 44.2.